The Morgan fingerprint density at radius 3 is 2.75 bits per heavy atom. The number of rotatable bonds is 6. The Morgan fingerprint density at radius 2 is 2.08 bits per heavy atom. The van der Waals surface area contributed by atoms with Gasteiger partial charge in [-0.2, -0.15) is 22.0 Å². The Bertz CT molecular complexity index is 577. The summed E-state index contributed by atoms with van der Waals surface area (Å²) in [5.41, 5.74) is 1.51. The number of hydrogen-bond donors (Lipinski definition) is 1. The third-order valence-electron chi connectivity index (χ3n) is 3.49. The predicted octanol–water partition coefficient (Wildman–Crippen LogP) is 3.36. The summed E-state index contributed by atoms with van der Waals surface area (Å²) in [4.78, 5) is 11.7. The Kier molecular flexibility index (Phi) is 5.98. The van der Waals surface area contributed by atoms with E-state index in [1.54, 1.807) is 6.07 Å². The van der Waals surface area contributed by atoms with Crippen molar-refractivity contribution in [2.24, 2.45) is 0 Å². The fourth-order valence-corrected chi connectivity index (χ4v) is 2.61. The van der Waals surface area contributed by atoms with Gasteiger partial charge in [-0.05, 0) is 42.5 Å². The normalized spacial score (nSPS) is 17.5. The maximum absolute atomic E-state index is 12.2. The number of benzene rings is 1. The molecule has 1 N–H and O–H groups in total. The number of alkyl halides is 5. The van der Waals surface area contributed by atoms with Gasteiger partial charge in [-0.1, -0.05) is 6.07 Å². The Balaban J connectivity index is 1.95. The van der Waals surface area contributed by atoms with Crippen LogP contribution in [0.25, 0.3) is 0 Å². The summed E-state index contributed by atoms with van der Waals surface area (Å²) in [5.74, 6) is -0.630. The zero-order valence-electron chi connectivity index (χ0n) is 12.5. The molecule has 0 heterocycles. The van der Waals surface area contributed by atoms with Gasteiger partial charge in [0.2, 0.25) is 5.91 Å². The molecule has 0 fully saturated rings. The van der Waals surface area contributed by atoms with Gasteiger partial charge in [0.1, 0.15) is 19.0 Å². The topological polar surface area (TPSA) is 47.6 Å². The van der Waals surface area contributed by atoms with Gasteiger partial charge in [0, 0.05) is 0 Å². The number of halogens is 5. The van der Waals surface area contributed by atoms with Crippen LogP contribution in [0, 0.1) is 0 Å². The van der Waals surface area contributed by atoms with E-state index in [-0.39, 0.29) is 5.75 Å². The molecule has 1 aliphatic rings. The molecule has 0 radical (unpaired) electrons. The molecule has 1 amide bonds. The molecule has 134 valence electrons. The van der Waals surface area contributed by atoms with Crippen molar-refractivity contribution >= 4 is 5.91 Å². The molecule has 0 saturated heterocycles. The first-order valence-electron chi connectivity index (χ1n) is 7.26. The van der Waals surface area contributed by atoms with E-state index in [2.05, 4.69) is 14.8 Å². The van der Waals surface area contributed by atoms with E-state index in [1.807, 2.05) is 0 Å². The van der Waals surface area contributed by atoms with Gasteiger partial charge in [0.15, 0.2) is 0 Å². The first kappa shape index (κ1) is 18.4. The number of fused-ring (bicyclic) bond motifs is 1. The first-order valence-corrected chi connectivity index (χ1v) is 7.26. The van der Waals surface area contributed by atoms with Crippen molar-refractivity contribution < 1.29 is 36.2 Å². The molecule has 1 aliphatic carbocycles. The maximum Gasteiger partial charge on any atom is 0.411 e. The summed E-state index contributed by atoms with van der Waals surface area (Å²) in [6, 6.07) is 4.04. The van der Waals surface area contributed by atoms with Gasteiger partial charge in [-0.15, -0.1) is 0 Å². The second-order valence-corrected chi connectivity index (χ2v) is 5.36. The van der Waals surface area contributed by atoms with Crippen molar-refractivity contribution in [3.05, 3.63) is 29.3 Å². The number of amides is 1. The molecule has 2 rings (SSSR count). The highest BCUT2D eigenvalue weighted by molar-refractivity contribution is 5.77. The molecule has 0 spiro atoms. The second-order valence-electron chi connectivity index (χ2n) is 5.36. The van der Waals surface area contributed by atoms with Crippen molar-refractivity contribution in [1.29, 1.82) is 0 Å². The van der Waals surface area contributed by atoms with E-state index in [1.165, 1.54) is 12.1 Å². The van der Waals surface area contributed by atoms with Crippen LogP contribution < -0.4 is 10.1 Å². The largest absolute Gasteiger partial charge is 0.435 e. The van der Waals surface area contributed by atoms with Crippen molar-refractivity contribution in [3.63, 3.8) is 0 Å². The lowest BCUT2D eigenvalue weighted by molar-refractivity contribution is -0.175. The van der Waals surface area contributed by atoms with Gasteiger partial charge in [0.05, 0.1) is 6.04 Å². The van der Waals surface area contributed by atoms with E-state index in [4.69, 9.17) is 0 Å². The minimum Gasteiger partial charge on any atom is -0.435 e. The summed E-state index contributed by atoms with van der Waals surface area (Å²) in [5, 5.41) is 2.60. The molecule has 24 heavy (non-hydrogen) atoms. The molecule has 9 heteroatoms. The fourth-order valence-electron chi connectivity index (χ4n) is 2.61. The van der Waals surface area contributed by atoms with Crippen LogP contribution >= 0.6 is 0 Å². The SMILES string of the molecule is O=C(COCC(F)(F)F)NC1CCCc2cc(OC(F)F)ccc21. The molecular formula is C15H16F5NO3. The highest BCUT2D eigenvalue weighted by atomic mass is 19.4. The van der Waals surface area contributed by atoms with Crippen molar-refractivity contribution in [2.45, 2.75) is 38.1 Å². The Hall–Kier alpha value is -1.90. The number of carbonyl (C=O) groups is 1. The lowest BCUT2D eigenvalue weighted by Gasteiger charge is -2.27. The molecule has 1 aromatic carbocycles. The zero-order valence-corrected chi connectivity index (χ0v) is 12.5. The highest BCUT2D eigenvalue weighted by Gasteiger charge is 2.28. The lowest BCUT2D eigenvalue weighted by atomic mass is 9.87. The molecule has 0 saturated carbocycles. The molecule has 0 aromatic heterocycles. The number of hydrogen-bond acceptors (Lipinski definition) is 3. The summed E-state index contributed by atoms with van der Waals surface area (Å²) >= 11 is 0. The first-order chi connectivity index (χ1) is 11.2. The van der Waals surface area contributed by atoms with Gasteiger partial charge < -0.3 is 14.8 Å². The third kappa shape index (κ3) is 5.63. The van der Waals surface area contributed by atoms with Crippen LogP contribution in [-0.2, 0) is 16.0 Å². The van der Waals surface area contributed by atoms with Crippen LogP contribution in [0.1, 0.15) is 30.0 Å². The van der Waals surface area contributed by atoms with E-state index < -0.39 is 38.0 Å². The molecule has 1 unspecified atom stereocenters. The monoisotopic (exact) mass is 353 g/mol. The van der Waals surface area contributed by atoms with E-state index in [0.29, 0.717) is 19.3 Å². The Labute approximate surface area is 134 Å². The van der Waals surface area contributed by atoms with Gasteiger partial charge in [-0.25, -0.2) is 0 Å². The molecule has 1 atom stereocenters. The Morgan fingerprint density at radius 1 is 1.33 bits per heavy atom. The minimum atomic E-state index is -4.49. The quantitative estimate of drug-likeness (QED) is 0.798. The van der Waals surface area contributed by atoms with Gasteiger partial charge >= 0.3 is 12.8 Å². The number of carbonyl (C=O) groups excluding carboxylic acids is 1. The molecule has 4 nitrogen and oxygen atoms in total. The summed E-state index contributed by atoms with van der Waals surface area (Å²) in [6.07, 6.45) is -2.53. The van der Waals surface area contributed by atoms with E-state index in [9.17, 15) is 26.7 Å². The lowest BCUT2D eigenvalue weighted by Crippen LogP contribution is -2.34. The van der Waals surface area contributed by atoms with Crippen LogP contribution in [0.15, 0.2) is 18.2 Å². The van der Waals surface area contributed by atoms with Crippen LogP contribution in [0.4, 0.5) is 22.0 Å². The average molecular weight is 353 g/mol. The van der Waals surface area contributed by atoms with Gasteiger partial charge in [0.25, 0.3) is 0 Å². The third-order valence-corrected chi connectivity index (χ3v) is 3.49. The summed E-state index contributed by atoms with van der Waals surface area (Å²) in [7, 11) is 0. The van der Waals surface area contributed by atoms with Crippen molar-refractivity contribution in [1.82, 2.24) is 5.32 Å². The fraction of sp³-hybridized carbons (Fsp3) is 0.533. The summed E-state index contributed by atoms with van der Waals surface area (Å²) < 4.78 is 69.0. The van der Waals surface area contributed by atoms with Crippen molar-refractivity contribution in [2.75, 3.05) is 13.2 Å². The predicted molar refractivity (Wildman–Crippen MR) is 73.8 cm³/mol. The van der Waals surface area contributed by atoms with E-state index >= 15 is 0 Å². The number of ether oxygens (including phenoxy) is 2. The van der Waals surface area contributed by atoms with Gasteiger partial charge in [-0.3, -0.25) is 4.79 Å². The number of nitrogens with one attached hydrogen (secondary N) is 1. The maximum atomic E-state index is 12.2. The molecule has 0 aliphatic heterocycles. The molecule has 1 aromatic rings. The average Bonchev–Trinajstić information content (AvgIpc) is 2.45. The van der Waals surface area contributed by atoms with Crippen LogP contribution in [-0.4, -0.2) is 31.9 Å². The number of aryl methyl sites for hydroxylation is 1. The van der Waals surface area contributed by atoms with Crippen LogP contribution in [0.5, 0.6) is 5.75 Å². The zero-order chi connectivity index (χ0) is 17.7. The highest BCUT2D eigenvalue weighted by Crippen LogP contribution is 2.32. The summed E-state index contributed by atoms with van der Waals surface area (Å²) in [6.45, 7) is -5.11. The van der Waals surface area contributed by atoms with Crippen molar-refractivity contribution in [3.8, 4) is 5.75 Å². The standard InChI is InChI=1S/C15H16F5NO3/c16-14(17)24-10-4-5-11-9(6-10)2-1-3-12(11)21-13(22)7-23-8-15(18,19)20/h4-6,12,14H,1-3,7-8H2,(H,21,22). The molecular weight excluding hydrogens is 337 g/mol. The molecule has 0 bridgehead atoms. The second kappa shape index (κ2) is 7.78. The minimum absolute atomic E-state index is 0.0317. The van der Waals surface area contributed by atoms with Crippen LogP contribution in [0.3, 0.4) is 0 Å². The van der Waals surface area contributed by atoms with Crippen LogP contribution in [0.2, 0.25) is 0 Å². The van der Waals surface area contributed by atoms with E-state index in [0.717, 1.165) is 11.1 Å². The smallest absolute Gasteiger partial charge is 0.411 e.